The van der Waals surface area contributed by atoms with Crippen LogP contribution in [0.4, 0.5) is 13.2 Å². The molecule has 2 saturated heterocycles. The lowest BCUT2D eigenvalue weighted by atomic mass is 9.83. The Bertz CT molecular complexity index is 1130. The number of hydrogen-bond donors (Lipinski definition) is 0. The highest BCUT2D eigenvalue weighted by molar-refractivity contribution is 5.83. The van der Waals surface area contributed by atoms with Crippen molar-refractivity contribution in [3.05, 3.63) is 0 Å². The molecular weight excluding hydrogens is 607 g/mol. The van der Waals surface area contributed by atoms with Crippen molar-refractivity contribution in [3.8, 4) is 0 Å². The molecule has 0 spiro atoms. The molecule has 0 aliphatic carbocycles. The second kappa shape index (κ2) is 15.2. The van der Waals surface area contributed by atoms with Crippen molar-refractivity contribution in [2.45, 2.75) is 103 Å². The number of ether oxygens (including phenoxy) is 7. The molecule has 0 aromatic carbocycles. The number of esters is 6. The SMILES string of the molecule is CC(=O)OCC1O[C@H](OC(C)=O)C(OC(C)=O)C(CC[C@H]2C(OC(C)=O)C(OC(C)=O)CN2C(=O)C(F)(F)F)[C@H]1OC(C)=O. The van der Waals surface area contributed by atoms with Gasteiger partial charge in [0.1, 0.15) is 18.8 Å². The van der Waals surface area contributed by atoms with E-state index in [0.29, 0.717) is 4.90 Å². The van der Waals surface area contributed by atoms with Crippen LogP contribution in [-0.4, -0.2) is 109 Å². The van der Waals surface area contributed by atoms with E-state index in [1.54, 1.807) is 0 Å². The number of likely N-dealkylation sites (tertiary alicyclic amines) is 1. The van der Waals surface area contributed by atoms with Gasteiger partial charge in [-0.3, -0.25) is 33.6 Å². The van der Waals surface area contributed by atoms with Gasteiger partial charge in [-0.05, 0) is 12.8 Å². The van der Waals surface area contributed by atoms with Gasteiger partial charge < -0.3 is 38.1 Å². The van der Waals surface area contributed by atoms with E-state index in [1.807, 2.05) is 0 Å². The zero-order chi connectivity index (χ0) is 33.5. The lowest BCUT2D eigenvalue weighted by Gasteiger charge is -2.45. The topological polar surface area (TPSA) is 187 Å². The van der Waals surface area contributed by atoms with Crippen molar-refractivity contribution in [2.24, 2.45) is 5.92 Å². The molecule has 8 atom stereocenters. The maximum absolute atomic E-state index is 13.6. The first-order valence-corrected chi connectivity index (χ1v) is 13.3. The fourth-order valence-electron chi connectivity index (χ4n) is 5.20. The Kier molecular flexibility index (Phi) is 12.5. The monoisotopic (exact) mass is 641 g/mol. The number of halogens is 3. The number of hydrogen-bond acceptors (Lipinski definition) is 14. The minimum Gasteiger partial charge on any atom is -0.463 e. The highest BCUT2D eigenvalue weighted by Gasteiger charge is 2.56. The van der Waals surface area contributed by atoms with E-state index in [0.717, 1.165) is 41.5 Å². The van der Waals surface area contributed by atoms with Gasteiger partial charge in [0.05, 0.1) is 12.6 Å². The minimum atomic E-state index is -5.36. The highest BCUT2D eigenvalue weighted by Crippen LogP contribution is 2.38. The van der Waals surface area contributed by atoms with Crippen LogP contribution in [0.15, 0.2) is 0 Å². The maximum atomic E-state index is 13.6. The first-order valence-electron chi connectivity index (χ1n) is 13.3. The molecule has 248 valence electrons. The Morgan fingerprint density at radius 2 is 1.18 bits per heavy atom. The summed E-state index contributed by atoms with van der Waals surface area (Å²) in [6, 6.07) is -1.55. The number of alkyl halides is 3. The van der Waals surface area contributed by atoms with E-state index in [2.05, 4.69) is 0 Å². The van der Waals surface area contributed by atoms with Crippen molar-refractivity contribution in [1.82, 2.24) is 4.90 Å². The number of nitrogens with zero attached hydrogens (tertiary/aromatic N) is 1. The smallest absolute Gasteiger partial charge is 0.463 e. The Morgan fingerprint density at radius 3 is 1.66 bits per heavy atom. The number of rotatable bonds is 10. The first-order chi connectivity index (χ1) is 20.3. The molecule has 0 bridgehead atoms. The molecule has 5 unspecified atom stereocenters. The Hall–Kier alpha value is -3.96. The third-order valence-electron chi connectivity index (χ3n) is 6.57. The van der Waals surface area contributed by atoms with Gasteiger partial charge in [-0.25, -0.2) is 0 Å². The third kappa shape index (κ3) is 10.1. The summed E-state index contributed by atoms with van der Waals surface area (Å²) in [5.41, 5.74) is 0. The lowest BCUT2D eigenvalue weighted by molar-refractivity contribution is -0.288. The van der Waals surface area contributed by atoms with Crippen LogP contribution in [0.2, 0.25) is 0 Å². The predicted molar refractivity (Wildman–Crippen MR) is 134 cm³/mol. The molecule has 0 radical (unpaired) electrons. The zero-order valence-corrected chi connectivity index (χ0v) is 24.7. The van der Waals surface area contributed by atoms with Gasteiger partial charge >= 0.3 is 47.9 Å². The van der Waals surface area contributed by atoms with Crippen LogP contribution in [-0.2, 0) is 66.7 Å². The Balaban J connectivity index is 2.60. The van der Waals surface area contributed by atoms with Crippen molar-refractivity contribution in [3.63, 3.8) is 0 Å². The average Bonchev–Trinajstić information content (AvgIpc) is 3.17. The molecule has 44 heavy (non-hydrogen) atoms. The van der Waals surface area contributed by atoms with Gasteiger partial charge in [0.25, 0.3) is 0 Å². The second-order valence-electron chi connectivity index (χ2n) is 10.1. The van der Waals surface area contributed by atoms with Gasteiger partial charge in [-0.2, -0.15) is 13.2 Å². The van der Waals surface area contributed by atoms with E-state index in [9.17, 15) is 46.7 Å². The summed E-state index contributed by atoms with van der Waals surface area (Å²) >= 11 is 0. The summed E-state index contributed by atoms with van der Waals surface area (Å²) in [5.74, 6) is -8.80. The Labute approximate surface area is 249 Å². The number of amides is 1. The van der Waals surface area contributed by atoms with Crippen LogP contribution >= 0.6 is 0 Å². The van der Waals surface area contributed by atoms with Crippen LogP contribution in [0, 0.1) is 5.92 Å². The van der Waals surface area contributed by atoms with E-state index < -0.39 is 116 Å². The van der Waals surface area contributed by atoms with E-state index >= 15 is 0 Å². The molecule has 1 amide bonds. The van der Waals surface area contributed by atoms with Crippen molar-refractivity contribution < 1.29 is 79.9 Å². The second-order valence-corrected chi connectivity index (χ2v) is 10.1. The molecular formula is C26H34F3NO14. The predicted octanol–water partition coefficient (Wildman–Crippen LogP) is 0.734. The minimum absolute atomic E-state index is 0.343. The molecule has 2 fully saturated rings. The fraction of sp³-hybridized carbons (Fsp3) is 0.731. The molecule has 2 rings (SSSR count). The number of carbonyl (C=O) groups is 7. The van der Waals surface area contributed by atoms with Gasteiger partial charge in [0.2, 0.25) is 6.29 Å². The standard InChI is InChI=1S/C26H34F3NO14/c1-11(31)38-10-20-21(40-13(3)33)17(22(41-14(4)34)24(44-20)43-16(6)36)7-8-18-23(42-15(5)35)19(39-12(2)32)9-30(18)25(37)26(27,28)29/h17-24H,7-10H2,1-6H3/t17?,18-,19?,20?,21+,22?,23?,24-/m0/s1. The van der Waals surface area contributed by atoms with Gasteiger partial charge in [-0.1, -0.05) is 0 Å². The normalized spacial score (nSPS) is 28.3. The zero-order valence-electron chi connectivity index (χ0n) is 24.7. The molecule has 2 heterocycles. The molecule has 2 aliphatic heterocycles. The van der Waals surface area contributed by atoms with Crippen molar-refractivity contribution in [2.75, 3.05) is 13.2 Å². The number of carbonyl (C=O) groups excluding carboxylic acids is 7. The summed E-state index contributed by atoms with van der Waals surface area (Å²) in [7, 11) is 0. The van der Waals surface area contributed by atoms with Gasteiger partial charge in [-0.15, -0.1) is 0 Å². The molecule has 18 heteroatoms. The summed E-state index contributed by atoms with van der Waals surface area (Å²) < 4.78 is 77.8. The van der Waals surface area contributed by atoms with E-state index in [1.165, 1.54) is 0 Å². The van der Waals surface area contributed by atoms with Gasteiger partial charge in [0.15, 0.2) is 18.3 Å². The molecule has 15 nitrogen and oxygen atoms in total. The molecule has 2 aliphatic rings. The Morgan fingerprint density at radius 1 is 0.682 bits per heavy atom. The van der Waals surface area contributed by atoms with Crippen LogP contribution in [0.1, 0.15) is 54.4 Å². The van der Waals surface area contributed by atoms with Crippen LogP contribution < -0.4 is 0 Å². The van der Waals surface area contributed by atoms with Crippen LogP contribution in [0.3, 0.4) is 0 Å². The quantitative estimate of drug-likeness (QED) is 0.240. The highest BCUT2D eigenvalue weighted by atomic mass is 19.4. The van der Waals surface area contributed by atoms with Crippen molar-refractivity contribution >= 4 is 41.7 Å². The largest absolute Gasteiger partial charge is 0.471 e. The van der Waals surface area contributed by atoms with Crippen molar-refractivity contribution in [1.29, 1.82) is 0 Å². The molecule has 0 aromatic heterocycles. The average molecular weight is 642 g/mol. The first kappa shape index (κ1) is 36.2. The van der Waals surface area contributed by atoms with Gasteiger partial charge in [0, 0.05) is 47.5 Å². The molecule has 0 aromatic rings. The van der Waals surface area contributed by atoms with Crippen LogP contribution in [0.5, 0.6) is 0 Å². The summed E-state index contributed by atoms with van der Waals surface area (Å²) in [6.07, 6.45) is -15.0. The summed E-state index contributed by atoms with van der Waals surface area (Å²) in [6.45, 7) is 4.75. The summed E-state index contributed by atoms with van der Waals surface area (Å²) in [4.78, 5) is 84.0. The molecule has 0 N–H and O–H groups in total. The van der Waals surface area contributed by atoms with Crippen LogP contribution in [0.25, 0.3) is 0 Å². The maximum Gasteiger partial charge on any atom is 0.471 e. The summed E-state index contributed by atoms with van der Waals surface area (Å²) in [5, 5.41) is 0. The van der Waals surface area contributed by atoms with E-state index in [4.69, 9.17) is 33.2 Å². The third-order valence-corrected chi connectivity index (χ3v) is 6.57. The van der Waals surface area contributed by atoms with E-state index in [-0.39, 0.29) is 6.42 Å². The fourth-order valence-corrected chi connectivity index (χ4v) is 5.20. The lowest BCUT2D eigenvalue weighted by Crippen LogP contribution is -2.59. The molecule has 0 saturated carbocycles.